The second-order valence-electron chi connectivity index (χ2n) is 7.57. The monoisotopic (exact) mass is 401 g/mol. The first-order valence-electron chi connectivity index (χ1n) is 9.78. The van der Waals surface area contributed by atoms with Crippen molar-refractivity contribution in [3.63, 3.8) is 0 Å². The Morgan fingerprint density at radius 3 is 2.79 bits per heavy atom. The van der Waals surface area contributed by atoms with Crippen LogP contribution in [0, 0.1) is 5.92 Å². The van der Waals surface area contributed by atoms with Crippen LogP contribution in [0.2, 0.25) is 5.02 Å². The number of aryl methyl sites for hydroxylation is 2. The van der Waals surface area contributed by atoms with Crippen LogP contribution in [0.1, 0.15) is 40.9 Å². The first kappa shape index (κ1) is 19.0. The van der Waals surface area contributed by atoms with Gasteiger partial charge in [-0.05, 0) is 61.8 Å². The molecule has 1 fully saturated rings. The molecule has 0 N–H and O–H groups in total. The SMILES string of the molecule is COc1ccc(Cl)cc1C(=O)N1CCC(Cn2nc3c(cc2=O)CCC3)CC1. The standard InChI is InChI=1S/C21H24ClN3O3/c1-28-19-6-5-16(22)12-17(19)21(27)24-9-7-14(8-10-24)13-25-20(26)11-15-3-2-4-18(15)23-25/h5-6,11-12,14H,2-4,7-10,13H2,1H3. The molecule has 28 heavy (non-hydrogen) atoms. The minimum atomic E-state index is -0.0642. The van der Waals surface area contributed by atoms with Gasteiger partial charge in [-0.3, -0.25) is 9.59 Å². The molecule has 1 saturated heterocycles. The van der Waals surface area contributed by atoms with Gasteiger partial charge in [0.05, 0.1) is 18.4 Å². The van der Waals surface area contributed by atoms with E-state index in [-0.39, 0.29) is 11.5 Å². The number of ether oxygens (including phenoxy) is 1. The maximum atomic E-state index is 12.9. The smallest absolute Gasteiger partial charge is 0.267 e. The van der Waals surface area contributed by atoms with Crippen molar-refractivity contribution in [2.24, 2.45) is 5.92 Å². The first-order chi connectivity index (χ1) is 13.5. The van der Waals surface area contributed by atoms with Crippen LogP contribution in [-0.2, 0) is 19.4 Å². The number of carbonyl (C=O) groups is 1. The van der Waals surface area contributed by atoms with Gasteiger partial charge >= 0.3 is 0 Å². The predicted molar refractivity (Wildman–Crippen MR) is 107 cm³/mol. The Balaban J connectivity index is 1.41. The van der Waals surface area contributed by atoms with Crippen molar-refractivity contribution < 1.29 is 9.53 Å². The van der Waals surface area contributed by atoms with Gasteiger partial charge < -0.3 is 9.64 Å². The second-order valence-corrected chi connectivity index (χ2v) is 8.01. The number of hydrogen-bond acceptors (Lipinski definition) is 4. The number of methoxy groups -OCH3 is 1. The fraction of sp³-hybridized carbons (Fsp3) is 0.476. The number of piperidine rings is 1. The topological polar surface area (TPSA) is 64.4 Å². The summed E-state index contributed by atoms with van der Waals surface area (Å²) in [6.45, 7) is 1.92. The molecule has 0 unspecified atom stereocenters. The van der Waals surface area contributed by atoms with E-state index in [1.54, 1.807) is 36.1 Å². The lowest BCUT2D eigenvalue weighted by Gasteiger charge is -2.32. The number of fused-ring (bicyclic) bond motifs is 1. The average Bonchev–Trinajstić information content (AvgIpc) is 3.15. The van der Waals surface area contributed by atoms with Gasteiger partial charge in [0.25, 0.3) is 11.5 Å². The van der Waals surface area contributed by atoms with E-state index in [0.717, 1.165) is 43.4 Å². The number of aromatic nitrogens is 2. The minimum Gasteiger partial charge on any atom is -0.496 e. The summed E-state index contributed by atoms with van der Waals surface area (Å²) >= 11 is 6.06. The van der Waals surface area contributed by atoms with Crippen LogP contribution in [0.25, 0.3) is 0 Å². The van der Waals surface area contributed by atoms with E-state index >= 15 is 0 Å². The minimum absolute atomic E-state index is 0.0113. The summed E-state index contributed by atoms with van der Waals surface area (Å²) in [7, 11) is 1.55. The molecular weight excluding hydrogens is 378 g/mol. The Morgan fingerprint density at radius 2 is 2.04 bits per heavy atom. The van der Waals surface area contributed by atoms with Crippen LogP contribution in [0.4, 0.5) is 0 Å². The number of halogens is 1. The number of rotatable bonds is 4. The van der Waals surface area contributed by atoms with E-state index in [1.165, 1.54) is 0 Å². The van der Waals surface area contributed by atoms with Gasteiger partial charge in [0.2, 0.25) is 0 Å². The molecule has 7 heteroatoms. The van der Waals surface area contributed by atoms with Crippen LogP contribution >= 0.6 is 11.6 Å². The highest BCUT2D eigenvalue weighted by Gasteiger charge is 2.26. The van der Waals surface area contributed by atoms with E-state index in [2.05, 4.69) is 5.10 Å². The Kier molecular flexibility index (Phi) is 5.40. The maximum Gasteiger partial charge on any atom is 0.267 e. The van der Waals surface area contributed by atoms with Crippen molar-refractivity contribution in [1.82, 2.24) is 14.7 Å². The second kappa shape index (κ2) is 7.95. The fourth-order valence-electron chi connectivity index (χ4n) is 4.15. The van der Waals surface area contributed by atoms with Crippen LogP contribution in [0.3, 0.4) is 0 Å². The normalized spacial score (nSPS) is 16.9. The summed E-state index contributed by atoms with van der Waals surface area (Å²) in [6.07, 6.45) is 4.70. The third-order valence-corrected chi connectivity index (χ3v) is 5.98. The van der Waals surface area contributed by atoms with Gasteiger partial charge in [0.1, 0.15) is 5.75 Å². The molecule has 0 bridgehead atoms. The zero-order valence-electron chi connectivity index (χ0n) is 16.0. The van der Waals surface area contributed by atoms with Crippen molar-refractivity contribution in [2.75, 3.05) is 20.2 Å². The summed E-state index contributed by atoms with van der Waals surface area (Å²) in [5.41, 5.74) is 2.66. The van der Waals surface area contributed by atoms with Gasteiger partial charge in [-0.15, -0.1) is 0 Å². The van der Waals surface area contributed by atoms with Crippen LogP contribution < -0.4 is 10.3 Å². The van der Waals surface area contributed by atoms with Crippen molar-refractivity contribution in [3.05, 3.63) is 56.5 Å². The molecule has 1 aliphatic carbocycles. The molecule has 1 aliphatic heterocycles. The van der Waals surface area contributed by atoms with Gasteiger partial charge in [-0.1, -0.05) is 11.6 Å². The van der Waals surface area contributed by atoms with Crippen LogP contribution in [-0.4, -0.2) is 40.8 Å². The van der Waals surface area contributed by atoms with E-state index in [1.807, 2.05) is 4.90 Å². The quantitative estimate of drug-likeness (QED) is 0.790. The molecular formula is C21H24ClN3O3. The van der Waals surface area contributed by atoms with E-state index in [0.29, 0.717) is 41.9 Å². The Morgan fingerprint density at radius 1 is 1.25 bits per heavy atom. The van der Waals surface area contributed by atoms with Gasteiger partial charge in [0, 0.05) is 30.7 Å². The molecule has 2 heterocycles. The summed E-state index contributed by atoms with van der Waals surface area (Å²) in [5, 5.41) is 5.09. The third-order valence-electron chi connectivity index (χ3n) is 5.75. The lowest BCUT2D eigenvalue weighted by Crippen LogP contribution is -2.40. The fourth-order valence-corrected chi connectivity index (χ4v) is 4.32. The van der Waals surface area contributed by atoms with E-state index < -0.39 is 0 Å². The summed E-state index contributed by atoms with van der Waals surface area (Å²) in [5.74, 6) is 0.811. The number of carbonyl (C=O) groups excluding carboxylic acids is 1. The Hall–Kier alpha value is -2.34. The van der Waals surface area contributed by atoms with Crippen molar-refractivity contribution >= 4 is 17.5 Å². The van der Waals surface area contributed by atoms with E-state index in [9.17, 15) is 9.59 Å². The summed E-state index contributed by atoms with van der Waals surface area (Å²) in [6, 6.07) is 6.83. The highest BCUT2D eigenvalue weighted by Crippen LogP contribution is 2.27. The molecule has 2 aromatic rings. The lowest BCUT2D eigenvalue weighted by atomic mass is 9.96. The van der Waals surface area contributed by atoms with Crippen LogP contribution in [0.15, 0.2) is 29.1 Å². The number of nitrogens with zero attached hydrogens (tertiary/aromatic N) is 3. The predicted octanol–water partition coefficient (Wildman–Crippen LogP) is 2.95. The molecule has 0 spiro atoms. The highest BCUT2D eigenvalue weighted by atomic mass is 35.5. The van der Waals surface area contributed by atoms with Crippen LogP contribution in [0.5, 0.6) is 5.75 Å². The van der Waals surface area contributed by atoms with Crippen molar-refractivity contribution in [1.29, 1.82) is 0 Å². The molecule has 0 radical (unpaired) electrons. The molecule has 148 valence electrons. The summed E-state index contributed by atoms with van der Waals surface area (Å²) < 4.78 is 6.93. The largest absolute Gasteiger partial charge is 0.496 e. The molecule has 0 atom stereocenters. The molecule has 6 nitrogen and oxygen atoms in total. The van der Waals surface area contributed by atoms with E-state index in [4.69, 9.17) is 16.3 Å². The lowest BCUT2D eigenvalue weighted by molar-refractivity contribution is 0.0677. The Bertz CT molecular complexity index is 948. The molecule has 1 amide bonds. The molecule has 1 aromatic carbocycles. The summed E-state index contributed by atoms with van der Waals surface area (Å²) in [4.78, 5) is 27.1. The highest BCUT2D eigenvalue weighted by molar-refractivity contribution is 6.31. The molecule has 2 aliphatic rings. The zero-order valence-corrected chi connectivity index (χ0v) is 16.7. The molecule has 4 rings (SSSR count). The first-order valence-corrected chi connectivity index (χ1v) is 10.2. The van der Waals surface area contributed by atoms with Gasteiger partial charge in [-0.2, -0.15) is 5.10 Å². The van der Waals surface area contributed by atoms with Gasteiger partial charge in [0.15, 0.2) is 0 Å². The molecule has 1 aromatic heterocycles. The Labute approximate surface area is 169 Å². The molecule has 0 saturated carbocycles. The average molecular weight is 402 g/mol. The zero-order chi connectivity index (χ0) is 19.7. The number of amides is 1. The van der Waals surface area contributed by atoms with Crippen molar-refractivity contribution in [2.45, 2.75) is 38.6 Å². The maximum absolute atomic E-state index is 12.9. The van der Waals surface area contributed by atoms with Gasteiger partial charge in [-0.25, -0.2) is 4.68 Å². The van der Waals surface area contributed by atoms with Crippen molar-refractivity contribution in [3.8, 4) is 5.75 Å². The number of hydrogen-bond donors (Lipinski definition) is 0. The number of benzene rings is 1. The third kappa shape index (κ3) is 3.78. The number of likely N-dealkylation sites (tertiary alicyclic amines) is 1.